The topological polar surface area (TPSA) is 79.0 Å². The Morgan fingerprint density at radius 3 is 2.71 bits per heavy atom. The second-order valence-electron chi connectivity index (χ2n) is 4.92. The molecule has 94 valence electrons. The Bertz CT molecular complexity index is 374. The van der Waals surface area contributed by atoms with Gasteiger partial charge in [0.05, 0.1) is 12.5 Å². The van der Waals surface area contributed by atoms with Crippen LogP contribution in [0.2, 0.25) is 0 Å². The number of carbonyl (C=O) groups is 2. The molecule has 3 amide bonds. The number of carbonyl (C=O) groups excluding carboxylic acids is 2. The highest BCUT2D eigenvalue weighted by Crippen LogP contribution is 2.31. The molecular formula is C11H18N4O2. The van der Waals surface area contributed by atoms with Gasteiger partial charge in [0.2, 0.25) is 5.91 Å². The van der Waals surface area contributed by atoms with Gasteiger partial charge in [-0.1, -0.05) is 0 Å². The van der Waals surface area contributed by atoms with Crippen molar-refractivity contribution in [1.82, 2.24) is 9.80 Å². The first-order valence-corrected chi connectivity index (χ1v) is 5.84. The molecule has 17 heavy (non-hydrogen) atoms. The zero-order valence-electron chi connectivity index (χ0n) is 10.2. The van der Waals surface area contributed by atoms with Gasteiger partial charge in [0, 0.05) is 20.6 Å². The number of nitrogens with zero attached hydrogens (tertiary/aromatic N) is 3. The summed E-state index contributed by atoms with van der Waals surface area (Å²) in [5, 5.41) is 0. The van der Waals surface area contributed by atoms with Crippen molar-refractivity contribution in [3.05, 3.63) is 0 Å². The van der Waals surface area contributed by atoms with Crippen molar-refractivity contribution in [3.63, 3.8) is 0 Å². The van der Waals surface area contributed by atoms with Crippen molar-refractivity contribution in [2.45, 2.75) is 25.3 Å². The van der Waals surface area contributed by atoms with Crippen LogP contribution in [0.1, 0.15) is 19.3 Å². The van der Waals surface area contributed by atoms with E-state index in [1.165, 1.54) is 4.90 Å². The van der Waals surface area contributed by atoms with E-state index in [-0.39, 0.29) is 30.2 Å². The first kappa shape index (κ1) is 11.9. The largest absolute Gasteiger partial charge is 0.385 e. The van der Waals surface area contributed by atoms with Crippen LogP contribution in [-0.4, -0.2) is 54.3 Å². The van der Waals surface area contributed by atoms with Crippen molar-refractivity contribution in [2.24, 2.45) is 16.6 Å². The molecule has 1 saturated carbocycles. The number of aliphatic imine (C=N–C) groups is 1. The molecule has 1 fully saturated rings. The molecule has 6 heteroatoms. The molecule has 2 rings (SSSR count). The Labute approximate surface area is 100 Å². The SMILES string of the molecule is CN(C)C(=O)CC1C(N)=NC(=O)N1CC1CC1. The fraction of sp³-hybridized carbons (Fsp3) is 0.727. The number of amides is 3. The van der Waals surface area contributed by atoms with Gasteiger partial charge in [-0.15, -0.1) is 0 Å². The molecule has 1 aliphatic heterocycles. The molecule has 0 spiro atoms. The van der Waals surface area contributed by atoms with Gasteiger partial charge in [-0.2, -0.15) is 4.99 Å². The lowest BCUT2D eigenvalue weighted by atomic mass is 10.1. The Morgan fingerprint density at radius 2 is 2.18 bits per heavy atom. The zero-order chi connectivity index (χ0) is 12.6. The highest BCUT2D eigenvalue weighted by Gasteiger charge is 2.38. The molecule has 0 saturated heterocycles. The number of urea groups is 1. The summed E-state index contributed by atoms with van der Waals surface area (Å²) in [4.78, 5) is 30.2. The summed E-state index contributed by atoms with van der Waals surface area (Å²) in [5.41, 5.74) is 5.72. The lowest BCUT2D eigenvalue weighted by Gasteiger charge is -2.24. The van der Waals surface area contributed by atoms with E-state index >= 15 is 0 Å². The summed E-state index contributed by atoms with van der Waals surface area (Å²) < 4.78 is 0. The lowest BCUT2D eigenvalue weighted by molar-refractivity contribution is -0.129. The molecule has 1 atom stereocenters. The molecule has 0 radical (unpaired) electrons. The molecule has 1 aliphatic carbocycles. The highest BCUT2D eigenvalue weighted by molar-refractivity contribution is 6.04. The average Bonchev–Trinajstić information content (AvgIpc) is 3.01. The summed E-state index contributed by atoms with van der Waals surface area (Å²) in [6, 6.07) is -0.649. The van der Waals surface area contributed by atoms with Crippen LogP contribution in [0.4, 0.5) is 4.79 Å². The molecule has 0 aromatic rings. The van der Waals surface area contributed by atoms with Crippen LogP contribution in [0.3, 0.4) is 0 Å². The minimum atomic E-state index is -0.349. The molecule has 1 heterocycles. The number of rotatable bonds is 4. The van der Waals surface area contributed by atoms with E-state index in [1.807, 2.05) is 0 Å². The second kappa shape index (κ2) is 4.35. The van der Waals surface area contributed by atoms with Crippen LogP contribution < -0.4 is 5.73 Å². The summed E-state index contributed by atoms with van der Waals surface area (Å²) >= 11 is 0. The minimum Gasteiger partial charge on any atom is -0.385 e. The summed E-state index contributed by atoms with van der Waals surface area (Å²) in [5.74, 6) is 0.798. The van der Waals surface area contributed by atoms with Crippen molar-refractivity contribution < 1.29 is 9.59 Å². The second-order valence-corrected chi connectivity index (χ2v) is 4.92. The zero-order valence-corrected chi connectivity index (χ0v) is 10.2. The van der Waals surface area contributed by atoms with E-state index in [2.05, 4.69) is 4.99 Å². The summed E-state index contributed by atoms with van der Waals surface area (Å²) in [6.07, 6.45) is 2.52. The maximum absolute atomic E-state index is 11.7. The van der Waals surface area contributed by atoms with Gasteiger partial charge in [-0.3, -0.25) is 4.79 Å². The van der Waals surface area contributed by atoms with E-state index < -0.39 is 0 Å². The van der Waals surface area contributed by atoms with Gasteiger partial charge in [0.15, 0.2) is 0 Å². The van der Waals surface area contributed by atoms with E-state index in [9.17, 15) is 9.59 Å². The number of hydrogen-bond acceptors (Lipinski definition) is 3. The average molecular weight is 238 g/mol. The summed E-state index contributed by atoms with van der Waals surface area (Å²) in [6.45, 7) is 0.675. The number of nitrogens with two attached hydrogens (primary N) is 1. The highest BCUT2D eigenvalue weighted by atomic mass is 16.2. The smallest absolute Gasteiger partial charge is 0.345 e. The van der Waals surface area contributed by atoms with Crippen LogP contribution in [0.15, 0.2) is 4.99 Å². The van der Waals surface area contributed by atoms with Gasteiger partial charge >= 0.3 is 6.03 Å². The van der Waals surface area contributed by atoms with Gasteiger partial charge in [0.25, 0.3) is 0 Å². The van der Waals surface area contributed by atoms with E-state index in [0.717, 1.165) is 12.8 Å². The Kier molecular flexibility index (Phi) is 3.04. The van der Waals surface area contributed by atoms with Gasteiger partial charge in [-0.25, -0.2) is 4.79 Å². The van der Waals surface area contributed by atoms with E-state index in [4.69, 9.17) is 5.73 Å². The molecule has 0 bridgehead atoms. The van der Waals surface area contributed by atoms with Gasteiger partial charge in [-0.05, 0) is 18.8 Å². The predicted octanol–water partition coefficient (Wildman–Crippen LogP) is 0.0361. The van der Waals surface area contributed by atoms with Crippen LogP contribution in [0.25, 0.3) is 0 Å². The summed E-state index contributed by atoms with van der Waals surface area (Å²) in [7, 11) is 3.38. The molecule has 6 nitrogen and oxygen atoms in total. The first-order chi connectivity index (χ1) is 7.99. The molecule has 2 aliphatic rings. The fourth-order valence-electron chi connectivity index (χ4n) is 1.89. The third kappa shape index (κ3) is 2.57. The van der Waals surface area contributed by atoms with Crippen LogP contribution in [0.5, 0.6) is 0 Å². The van der Waals surface area contributed by atoms with Gasteiger partial charge in [0.1, 0.15) is 5.84 Å². The Hall–Kier alpha value is -1.59. The van der Waals surface area contributed by atoms with Crippen molar-refractivity contribution in [3.8, 4) is 0 Å². The van der Waals surface area contributed by atoms with Crippen molar-refractivity contribution >= 4 is 17.8 Å². The molecule has 0 aromatic heterocycles. The quantitative estimate of drug-likeness (QED) is 0.750. The van der Waals surface area contributed by atoms with Crippen LogP contribution in [-0.2, 0) is 4.79 Å². The third-order valence-electron chi connectivity index (χ3n) is 3.21. The monoisotopic (exact) mass is 238 g/mol. The Balaban J connectivity index is 2.03. The maximum atomic E-state index is 11.7. The Morgan fingerprint density at radius 1 is 1.53 bits per heavy atom. The number of hydrogen-bond donors (Lipinski definition) is 1. The number of amidine groups is 1. The first-order valence-electron chi connectivity index (χ1n) is 5.84. The van der Waals surface area contributed by atoms with Gasteiger partial charge < -0.3 is 15.5 Å². The van der Waals surface area contributed by atoms with Crippen molar-refractivity contribution in [1.29, 1.82) is 0 Å². The fourth-order valence-corrected chi connectivity index (χ4v) is 1.89. The van der Waals surface area contributed by atoms with Crippen LogP contribution >= 0.6 is 0 Å². The predicted molar refractivity (Wildman–Crippen MR) is 63.5 cm³/mol. The van der Waals surface area contributed by atoms with Crippen molar-refractivity contribution in [2.75, 3.05) is 20.6 Å². The molecule has 0 aromatic carbocycles. The molecular weight excluding hydrogens is 220 g/mol. The third-order valence-corrected chi connectivity index (χ3v) is 3.21. The maximum Gasteiger partial charge on any atom is 0.345 e. The molecule has 1 unspecified atom stereocenters. The van der Waals surface area contributed by atoms with E-state index in [0.29, 0.717) is 12.5 Å². The lowest BCUT2D eigenvalue weighted by Crippen LogP contribution is -2.44. The van der Waals surface area contributed by atoms with E-state index in [1.54, 1.807) is 19.0 Å². The normalized spacial score (nSPS) is 23.9. The van der Waals surface area contributed by atoms with Crippen LogP contribution in [0, 0.1) is 5.92 Å². The standard InChI is InChI=1S/C11H18N4O2/c1-14(2)9(16)5-8-10(12)13-11(17)15(8)6-7-3-4-7/h7-8H,3-6H2,1-2H3,(H2,12,13,17). The minimum absolute atomic E-state index is 0.0383. The molecule has 2 N–H and O–H groups in total.